The number of aromatic nitrogens is 2. The largest absolute Gasteiger partial charge is 0.396 e. The Morgan fingerprint density at radius 2 is 2.36 bits per heavy atom. The zero-order valence-corrected chi connectivity index (χ0v) is 9.17. The number of hydrogen-bond acceptors (Lipinski definition) is 4. The Kier molecular flexibility index (Phi) is 4.61. The molecule has 5 nitrogen and oxygen atoms in total. The van der Waals surface area contributed by atoms with Gasteiger partial charge >= 0.3 is 0 Å². The minimum atomic E-state index is -0.204. The van der Waals surface area contributed by atoms with Crippen molar-refractivity contribution >= 4 is 21.7 Å². The number of unbranched alkanes of at least 4 members (excludes halogenated alkanes) is 1. The lowest BCUT2D eigenvalue weighted by molar-refractivity contribution is 0.286. The molecule has 0 unspecified atom stereocenters. The molecular weight excluding hydrogens is 250 g/mol. The van der Waals surface area contributed by atoms with Crippen LogP contribution >= 0.6 is 15.9 Å². The highest BCUT2D eigenvalue weighted by Gasteiger charge is 2.03. The molecule has 0 spiro atoms. The van der Waals surface area contributed by atoms with Crippen LogP contribution in [0, 0.1) is 0 Å². The van der Waals surface area contributed by atoms with Crippen molar-refractivity contribution in [1.29, 1.82) is 0 Å². The summed E-state index contributed by atoms with van der Waals surface area (Å²) in [6.07, 6.45) is 2.94. The molecule has 0 amide bonds. The Hall–Kier alpha value is -0.880. The molecule has 6 heteroatoms. The summed E-state index contributed by atoms with van der Waals surface area (Å²) < 4.78 is 0.406. The van der Waals surface area contributed by atoms with Gasteiger partial charge in [0, 0.05) is 13.2 Å². The Balaban J connectivity index is 2.51. The standard InChI is InChI=1S/C8H12BrN3O2/c9-6-7(10-3-1-2-4-13)11-5-12-8(6)14/h5,13H,1-4H2,(H2,10,11,12,14). The van der Waals surface area contributed by atoms with Crippen molar-refractivity contribution in [2.75, 3.05) is 18.5 Å². The highest BCUT2D eigenvalue weighted by atomic mass is 79.9. The molecule has 0 bridgehead atoms. The quantitative estimate of drug-likeness (QED) is 0.683. The number of H-pyrrole nitrogens is 1. The number of aliphatic hydroxyl groups excluding tert-OH is 1. The topological polar surface area (TPSA) is 78.0 Å². The zero-order chi connectivity index (χ0) is 10.4. The summed E-state index contributed by atoms with van der Waals surface area (Å²) in [5.41, 5.74) is -0.204. The first-order valence-electron chi connectivity index (χ1n) is 4.33. The van der Waals surface area contributed by atoms with Crippen LogP contribution in [0.4, 0.5) is 5.82 Å². The van der Waals surface area contributed by atoms with Gasteiger partial charge in [-0.15, -0.1) is 0 Å². The maximum Gasteiger partial charge on any atom is 0.267 e. The summed E-state index contributed by atoms with van der Waals surface area (Å²) in [6, 6.07) is 0. The number of rotatable bonds is 5. The summed E-state index contributed by atoms with van der Waals surface area (Å²) in [5.74, 6) is 0.534. The number of hydrogen-bond donors (Lipinski definition) is 3. The lowest BCUT2D eigenvalue weighted by Gasteiger charge is -2.05. The summed E-state index contributed by atoms with van der Waals surface area (Å²) in [6.45, 7) is 0.876. The van der Waals surface area contributed by atoms with Crippen LogP contribution in [-0.4, -0.2) is 28.2 Å². The van der Waals surface area contributed by atoms with Crippen molar-refractivity contribution in [2.45, 2.75) is 12.8 Å². The van der Waals surface area contributed by atoms with Crippen LogP contribution in [0.2, 0.25) is 0 Å². The predicted molar refractivity (Wildman–Crippen MR) is 57.4 cm³/mol. The van der Waals surface area contributed by atoms with Crippen molar-refractivity contribution in [3.8, 4) is 0 Å². The second-order valence-electron chi connectivity index (χ2n) is 2.75. The third-order valence-corrected chi connectivity index (χ3v) is 2.41. The molecule has 0 atom stereocenters. The molecule has 0 radical (unpaired) electrons. The maximum absolute atomic E-state index is 11.1. The molecule has 1 rings (SSSR count). The highest BCUT2D eigenvalue weighted by Crippen LogP contribution is 2.12. The van der Waals surface area contributed by atoms with Gasteiger partial charge in [0.25, 0.3) is 5.56 Å². The molecule has 0 aliphatic carbocycles. The molecule has 1 aromatic heterocycles. The third kappa shape index (κ3) is 3.12. The van der Waals surface area contributed by atoms with E-state index in [4.69, 9.17) is 5.11 Å². The molecule has 0 aliphatic heterocycles. The Morgan fingerprint density at radius 1 is 1.57 bits per heavy atom. The molecule has 3 N–H and O–H groups in total. The summed E-state index contributed by atoms with van der Waals surface area (Å²) in [5, 5.41) is 11.6. The van der Waals surface area contributed by atoms with E-state index in [-0.39, 0.29) is 12.2 Å². The summed E-state index contributed by atoms with van der Waals surface area (Å²) in [7, 11) is 0. The van der Waals surface area contributed by atoms with E-state index < -0.39 is 0 Å². The first-order valence-corrected chi connectivity index (χ1v) is 5.13. The van der Waals surface area contributed by atoms with Crippen LogP contribution in [-0.2, 0) is 0 Å². The lowest BCUT2D eigenvalue weighted by Crippen LogP contribution is -2.12. The molecule has 14 heavy (non-hydrogen) atoms. The van der Waals surface area contributed by atoms with E-state index in [1.54, 1.807) is 0 Å². The van der Waals surface area contributed by atoms with Crippen molar-refractivity contribution in [3.63, 3.8) is 0 Å². The monoisotopic (exact) mass is 261 g/mol. The van der Waals surface area contributed by atoms with Crippen molar-refractivity contribution in [1.82, 2.24) is 9.97 Å². The van der Waals surface area contributed by atoms with Crippen LogP contribution in [0.25, 0.3) is 0 Å². The van der Waals surface area contributed by atoms with E-state index in [2.05, 4.69) is 31.2 Å². The maximum atomic E-state index is 11.1. The molecule has 1 aromatic rings. The van der Waals surface area contributed by atoms with Gasteiger partial charge in [0.15, 0.2) is 0 Å². The first-order chi connectivity index (χ1) is 6.75. The van der Waals surface area contributed by atoms with Crippen molar-refractivity contribution in [2.24, 2.45) is 0 Å². The average molecular weight is 262 g/mol. The SMILES string of the molecule is O=c1[nH]cnc(NCCCCO)c1Br. The Morgan fingerprint density at radius 3 is 3.07 bits per heavy atom. The third-order valence-electron chi connectivity index (χ3n) is 1.67. The summed E-state index contributed by atoms with van der Waals surface area (Å²) in [4.78, 5) is 17.5. The van der Waals surface area contributed by atoms with Gasteiger partial charge in [-0.2, -0.15) is 0 Å². The molecule has 0 saturated carbocycles. The first kappa shape index (κ1) is 11.2. The van der Waals surface area contributed by atoms with E-state index in [9.17, 15) is 4.79 Å². The minimum Gasteiger partial charge on any atom is -0.396 e. The zero-order valence-electron chi connectivity index (χ0n) is 7.59. The van der Waals surface area contributed by atoms with Gasteiger partial charge in [-0.25, -0.2) is 4.98 Å². The van der Waals surface area contributed by atoms with Gasteiger partial charge in [0.05, 0.1) is 6.33 Å². The van der Waals surface area contributed by atoms with Crippen LogP contribution in [0.1, 0.15) is 12.8 Å². The Bertz CT molecular complexity index is 340. The van der Waals surface area contributed by atoms with Gasteiger partial charge in [-0.1, -0.05) is 0 Å². The van der Waals surface area contributed by atoms with Gasteiger partial charge in [-0.3, -0.25) is 4.79 Å². The van der Waals surface area contributed by atoms with Crippen LogP contribution in [0.3, 0.4) is 0 Å². The number of anilines is 1. The fourth-order valence-electron chi connectivity index (χ4n) is 0.950. The van der Waals surface area contributed by atoms with Gasteiger partial charge in [0.1, 0.15) is 10.3 Å². The number of halogens is 1. The van der Waals surface area contributed by atoms with E-state index in [0.29, 0.717) is 16.8 Å². The molecule has 0 aliphatic rings. The smallest absolute Gasteiger partial charge is 0.267 e. The second-order valence-corrected chi connectivity index (χ2v) is 3.54. The summed E-state index contributed by atoms with van der Waals surface area (Å²) >= 11 is 3.13. The van der Waals surface area contributed by atoms with Crippen molar-refractivity contribution < 1.29 is 5.11 Å². The van der Waals surface area contributed by atoms with Gasteiger partial charge in [0.2, 0.25) is 0 Å². The number of nitrogens with zero attached hydrogens (tertiary/aromatic N) is 1. The van der Waals surface area contributed by atoms with E-state index >= 15 is 0 Å². The molecule has 1 heterocycles. The van der Waals surface area contributed by atoms with E-state index in [0.717, 1.165) is 12.8 Å². The molecule has 0 aromatic carbocycles. The molecular formula is C8H12BrN3O2. The molecule has 0 fully saturated rings. The minimum absolute atomic E-state index is 0.186. The number of nitrogens with one attached hydrogen (secondary N) is 2. The van der Waals surface area contributed by atoms with Gasteiger partial charge in [-0.05, 0) is 28.8 Å². The second kappa shape index (κ2) is 5.77. The normalized spacial score (nSPS) is 10.1. The lowest BCUT2D eigenvalue weighted by atomic mass is 10.3. The van der Waals surface area contributed by atoms with Crippen molar-refractivity contribution in [3.05, 3.63) is 21.2 Å². The number of aliphatic hydroxyl groups is 1. The van der Waals surface area contributed by atoms with Gasteiger partial charge < -0.3 is 15.4 Å². The fourth-order valence-corrected chi connectivity index (χ4v) is 1.31. The predicted octanol–water partition coefficient (Wildman–Crippen LogP) is 0.717. The van der Waals surface area contributed by atoms with Crippen LogP contribution in [0.15, 0.2) is 15.6 Å². The Labute approximate surface area is 89.7 Å². The van der Waals surface area contributed by atoms with Crippen LogP contribution < -0.4 is 10.9 Å². The number of aromatic amines is 1. The molecule has 78 valence electrons. The molecule has 0 saturated heterocycles. The fraction of sp³-hybridized carbons (Fsp3) is 0.500. The van der Waals surface area contributed by atoms with Crippen LogP contribution in [0.5, 0.6) is 0 Å². The van der Waals surface area contributed by atoms with E-state index in [1.165, 1.54) is 6.33 Å². The average Bonchev–Trinajstić information content (AvgIpc) is 2.19. The highest BCUT2D eigenvalue weighted by molar-refractivity contribution is 9.10. The van der Waals surface area contributed by atoms with E-state index in [1.807, 2.05) is 0 Å².